The van der Waals surface area contributed by atoms with E-state index in [9.17, 15) is 4.39 Å². The Labute approximate surface area is 125 Å². The number of rotatable bonds is 5. The Morgan fingerprint density at radius 1 is 1.30 bits per heavy atom. The first-order chi connectivity index (χ1) is 9.54. The lowest BCUT2D eigenvalue weighted by molar-refractivity contribution is 0.451. The largest absolute Gasteiger partial charge is 0.436 e. The summed E-state index contributed by atoms with van der Waals surface area (Å²) < 4.78 is 19.3. The summed E-state index contributed by atoms with van der Waals surface area (Å²) in [5, 5.41) is 3.25. The molecule has 0 unspecified atom stereocenters. The number of hydrogen-bond acceptors (Lipinski definition) is 4. The topological polar surface area (TPSA) is 47.0 Å². The highest BCUT2D eigenvalue weighted by atomic mass is 79.9. The number of aromatic nitrogens is 2. The molecule has 0 aliphatic heterocycles. The van der Waals surface area contributed by atoms with Gasteiger partial charge < -0.3 is 10.1 Å². The third-order valence-corrected chi connectivity index (χ3v) is 3.14. The lowest BCUT2D eigenvalue weighted by Gasteiger charge is -2.09. The molecule has 1 heterocycles. The summed E-state index contributed by atoms with van der Waals surface area (Å²) in [5.41, 5.74) is 0.823. The third-order valence-electron chi connectivity index (χ3n) is 2.48. The number of benzene rings is 1. The summed E-state index contributed by atoms with van der Waals surface area (Å²) in [6, 6.07) is 4.61. The molecule has 6 heteroatoms. The molecule has 1 aromatic heterocycles. The smallest absolute Gasteiger partial charge is 0.237 e. The lowest BCUT2D eigenvalue weighted by Crippen LogP contribution is -2.22. The first kappa shape index (κ1) is 14.9. The Balaban J connectivity index is 2.05. The zero-order valence-electron chi connectivity index (χ0n) is 11.2. The zero-order valence-corrected chi connectivity index (χ0v) is 12.8. The Morgan fingerprint density at radius 2 is 2.10 bits per heavy atom. The van der Waals surface area contributed by atoms with Crippen LogP contribution in [-0.4, -0.2) is 16.0 Å². The molecule has 0 aliphatic carbocycles. The molecule has 0 bridgehead atoms. The molecule has 0 aliphatic rings. The van der Waals surface area contributed by atoms with Crippen molar-refractivity contribution < 1.29 is 9.13 Å². The van der Waals surface area contributed by atoms with Crippen molar-refractivity contribution >= 4 is 15.9 Å². The standard InChI is InChI=1S/C14H15BrFN3O/c1-9(2)17-6-11-7-19-14(8-18-11)20-13-5-10(16)3-4-12(13)15/h3-5,7-9,17H,6H2,1-2H3. The van der Waals surface area contributed by atoms with Crippen LogP contribution in [0.15, 0.2) is 35.1 Å². The Bertz CT molecular complexity index is 575. The molecule has 106 valence electrons. The Morgan fingerprint density at radius 3 is 2.75 bits per heavy atom. The minimum atomic E-state index is -0.367. The minimum Gasteiger partial charge on any atom is -0.436 e. The van der Waals surface area contributed by atoms with Crippen molar-refractivity contribution in [1.29, 1.82) is 0 Å². The summed E-state index contributed by atoms with van der Waals surface area (Å²) in [6.45, 7) is 4.77. The molecule has 0 fully saturated rings. The highest BCUT2D eigenvalue weighted by Gasteiger charge is 2.06. The molecule has 2 rings (SSSR count). The number of halogens is 2. The normalized spacial score (nSPS) is 10.8. The second kappa shape index (κ2) is 6.76. The van der Waals surface area contributed by atoms with Crippen LogP contribution in [0, 0.1) is 5.82 Å². The van der Waals surface area contributed by atoms with Crippen molar-refractivity contribution in [3.05, 3.63) is 46.6 Å². The van der Waals surface area contributed by atoms with Crippen LogP contribution in [0.25, 0.3) is 0 Å². The van der Waals surface area contributed by atoms with Crippen molar-refractivity contribution in [3.8, 4) is 11.6 Å². The van der Waals surface area contributed by atoms with Gasteiger partial charge in [-0.15, -0.1) is 0 Å². The van der Waals surface area contributed by atoms with Gasteiger partial charge in [0.25, 0.3) is 0 Å². The fourth-order valence-corrected chi connectivity index (χ4v) is 1.79. The van der Waals surface area contributed by atoms with Crippen LogP contribution >= 0.6 is 15.9 Å². The average Bonchev–Trinajstić information content (AvgIpc) is 2.42. The molecule has 20 heavy (non-hydrogen) atoms. The lowest BCUT2D eigenvalue weighted by atomic mass is 10.3. The van der Waals surface area contributed by atoms with E-state index in [1.54, 1.807) is 12.3 Å². The summed E-state index contributed by atoms with van der Waals surface area (Å²) in [7, 11) is 0. The SMILES string of the molecule is CC(C)NCc1cnc(Oc2cc(F)ccc2Br)cn1. The predicted octanol–water partition coefficient (Wildman–Crippen LogP) is 3.67. The molecule has 0 atom stereocenters. The maximum atomic E-state index is 13.1. The van der Waals surface area contributed by atoms with E-state index in [0.717, 1.165) is 5.69 Å². The van der Waals surface area contributed by atoms with E-state index in [-0.39, 0.29) is 5.82 Å². The number of nitrogens with one attached hydrogen (secondary N) is 1. The first-order valence-corrected chi connectivity index (χ1v) is 7.01. The van der Waals surface area contributed by atoms with Gasteiger partial charge in [0.1, 0.15) is 11.6 Å². The van der Waals surface area contributed by atoms with Gasteiger partial charge in [0.05, 0.1) is 22.6 Å². The van der Waals surface area contributed by atoms with Crippen LogP contribution in [0.3, 0.4) is 0 Å². The summed E-state index contributed by atoms with van der Waals surface area (Å²) in [6.07, 6.45) is 3.16. The fraction of sp³-hybridized carbons (Fsp3) is 0.286. The fourth-order valence-electron chi connectivity index (χ4n) is 1.46. The Hall–Kier alpha value is -1.53. The van der Waals surface area contributed by atoms with Crippen LogP contribution in [0.5, 0.6) is 11.6 Å². The Kier molecular flexibility index (Phi) is 5.03. The summed E-state index contributed by atoms with van der Waals surface area (Å²) in [4.78, 5) is 8.39. The molecule has 4 nitrogen and oxygen atoms in total. The maximum Gasteiger partial charge on any atom is 0.237 e. The molecular formula is C14H15BrFN3O. The third kappa shape index (κ3) is 4.25. The quantitative estimate of drug-likeness (QED) is 0.902. The molecule has 0 spiro atoms. The van der Waals surface area contributed by atoms with E-state index < -0.39 is 0 Å². The number of ether oxygens (including phenoxy) is 1. The molecule has 0 amide bonds. The highest BCUT2D eigenvalue weighted by molar-refractivity contribution is 9.10. The van der Waals surface area contributed by atoms with E-state index in [4.69, 9.17) is 4.74 Å². The van der Waals surface area contributed by atoms with Crippen molar-refractivity contribution in [2.75, 3.05) is 0 Å². The van der Waals surface area contributed by atoms with E-state index in [0.29, 0.717) is 28.7 Å². The molecular weight excluding hydrogens is 325 g/mol. The molecule has 1 N–H and O–H groups in total. The van der Waals surface area contributed by atoms with Gasteiger partial charge in [-0.1, -0.05) is 13.8 Å². The van der Waals surface area contributed by atoms with Gasteiger partial charge in [-0.05, 0) is 28.1 Å². The van der Waals surface area contributed by atoms with Crippen LogP contribution < -0.4 is 10.1 Å². The van der Waals surface area contributed by atoms with Gasteiger partial charge >= 0.3 is 0 Å². The van der Waals surface area contributed by atoms with E-state index in [1.807, 2.05) is 0 Å². The predicted molar refractivity (Wildman–Crippen MR) is 78.2 cm³/mol. The molecule has 2 aromatic rings. The second-order valence-corrected chi connectivity index (χ2v) is 5.41. The van der Waals surface area contributed by atoms with Crippen molar-refractivity contribution in [1.82, 2.24) is 15.3 Å². The van der Waals surface area contributed by atoms with Gasteiger partial charge in [0.2, 0.25) is 5.88 Å². The van der Waals surface area contributed by atoms with E-state index in [1.165, 1.54) is 18.3 Å². The van der Waals surface area contributed by atoms with Gasteiger partial charge in [-0.3, -0.25) is 4.98 Å². The molecule has 0 saturated heterocycles. The van der Waals surface area contributed by atoms with E-state index >= 15 is 0 Å². The van der Waals surface area contributed by atoms with Gasteiger partial charge in [-0.25, -0.2) is 9.37 Å². The van der Waals surface area contributed by atoms with Crippen molar-refractivity contribution in [2.45, 2.75) is 26.4 Å². The molecule has 0 radical (unpaired) electrons. The van der Waals surface area contributed by atoms with Crippen molar-refractivity contribution in [2.24, 2.45) is 0 Å². The summed E-state index contributed by atoms with van der Waals surface area (Å²) >= 11 is 3.29. The monoisotopic (exact) mass is 339 g/mol. The van der Waals surface area contributed by atoms with Gasteiger partial charge in [0.15, 0.2) is 0 Å². The molecule has 1 aromatic carbocycles. The second-order valence-electron chi connectivity index (χ2n) is 4.56. The molecule has 0 saturated carbocycles. The van der Waals surface area contributed by atoms with Crippen LogP contribution in [0.1, 0.15) is 19.5 Å². The minimum absolute atomic E-state index is 0.324. The first-order valence-electron chi connectivity index (χ1n) is 6.22. The van der Waals surface area contributed by atoms with Gasteiger partial charge in [0, 0.05) is 18.7 Å². The number of hydrogen-bond donors (Lipinski definition) is 1. The maximum absolute atomic E-state index is 13.1. The highest BCUT2D eigenvalue weighted by Crippen LogP contribution is 2.29. The van der Waals surface area contributed by atoms with Crippen LogP contribution in [0.2, 0.25) is 0 Å². The van der Waals surface area contributed by atoms with Gasteiger partial charge in [-0.2, -0.15) is 0 Å². The van der Waals surface area contributed by atoms with Crippen molar-refractivity contribution in [3.63, 3.8) is 0 Å². The summed E-state index contributed by atoms with van der Waals surface area (Å²) in [5.74, 6) is 0.325. The zero-order chi connectivity index (χ0) is 14.5. The van der Waals surface area contributed by atoms with Crippen LogP contribution in [-0.2, 0) is 6.54 Å². The number of nitrogens with zero attached hydrogens (tertiary/aromatic N) is 2. The average molecular weight is 340 g/mol. The van der Waals surface area contributed by atoms with Crippen LogP contribution in [0.4, 0.5) is 4.39 Å². The van der Waals surface area contributed by atoms with E-state index in [2.05, 4.69) is 45.1 Å².